The van der Waals surface area contributed by atoms with Crippen LogP contribution in [0.1, 0.15) is 24.2 Å². The fraction of sp³-hybridized carbons (Fsp3) is 0.158. The van der Waals surface area contributed by atoms with Crippen molar-refractivity contribution in [1.29, 1.82) is 0 Å². The van der Waals surface area contributed by atoms with Crippen molar-refractivity contribution in [1.82, 2.24) is 10.3 Å². The molecule has 4 nitrogen and oxygen atoms in total. The minimum Gasteiger partial charge on any atom is -0.436 e. The molecule has 1 N–H and O–H groups in total. The summed E-state index contributed by atoms with van der Waals surface area (Å²) >= 11 is 5.91. The molecule has 1 heterocycles. The highest BCUT2D eigenvalue weighted by Gasteiger charge is 2.17. The van der Waals surface area contributed by atoms with Crippen molar-refractivity contribution in [2.75, 3.05) is 0 Å². The zero-order valence-electron chi connectivity index (χ0n) is 13.4. The van der Waals surface area contributed by atoms with Gasteiger partial charge >= 0.3 is 0 Å². The lowest BCUT2D eigenvalue weighted by atomic mass is 10.1. The number of nitrogens with zero attached hydrogens (tertiary/aromatic N) is 1. The molecule has 122 valence electrons. The summed E-state index contributed by atoms with van der Waals surface area (Å²) in [6.07, 6.45) is 1.65. The summed E-state index contributed by atoms with van der Waals surface area (Å²) in [7, 11) is 0. The van der Waals surface area contributed by atoms with Gasteiger partial charge in [-0.1, -0.05) is 23.7 Å². The van der Waals surface area contributed by atoms with E-state index in [1.807, 2.05) is 44.2 Å². The number of hydrogen-bond acceptors (Lipinski definition) is 3. The molecule has 1 aromatic heterocycles. The maximum Gasteiger partial charge on any atom is 0.252 e. The fourth-order valence-corrected chi connectivity index (χ4v) is 2.48. The molecule has 1 amide bonds. The number of halogens is 1. The Balaban J connectivity index is 1.96. The van der Waals surface area contributed by atoms with Crippen LogP contribution in [0.5, 0.6) is 0 Å². The van der Waals surface area contributed by atoms with Gasteiger partial charge in [0.2, 0.25) is 5.89 Å². The largest absolute Gasteiger partial charge is 0.436 e. The van der Waals surface area contributed by atoms with E-state index in [1.54, 1.807) is 24.4 Å². The number of aromatic nitrogens is 1. The lowest BCUT2D eigenvalue weighted by Gasteiger charge is -2.10. The number of hydrogen-bond donors (Lipinski definition) is 1. The number of amides is 1. The molecule has 0 saturated heterocycles. The highest BCUT2D eigenvalue weighted by Crippen LogP contribution is 2.28. The van der Waals surface area contributed by atoms with E-state index in [2.05, 4.69) is 10.3 Å². The Hall–Kier alpha value is -2.59. The number of oxazole rings is 1. The van der Waals surface area contributed by atoms with Gasteiger partial charge in [-0.15, -0.1) is 0 Å². The van der Waals surface area contributed by atoms with Gasteiger partial charge in [0.15, 0.2) is 5.76 Å². The highest BCUT2D eigenvalue weighted by molar-refractivity contribution is 6.30. The van der Waals surface area contributed by atoms with Crippen molar-refractivity contribution in [2.24, 2.45) is 0 Å². The van der Waals surface area contributed by atoms with E-state index in [1.165, 1.54) is 0 Å². The zero-order chi connectivity index (χ0) is 17.1. The Kier molecular flexibility index (Phi) is 4.67. The smallest absolute Gasteiger partial charge is 0.252 e. The summed E-state index contributed by atoms with van der Waals surface area (Å²) in [5.41, 5.74) is 2.08. The zero-order valence-corrected chi connectivity index (χ0v) is 14.2. The first kappa shape index (κ1) is 16.3. The molecule has 0 spiro atoms. The van der Waals surface area contributed by atoms with Gasteiger partial charge in [0.05, 0.1) is 11.8 Å². The molecule has 2 aromatic carbocycles. The third-order valence-electron chi connectivity index (χ3n) is 3.46. The Morgan fingerprint density at radius 1 is 1.12 bits per heavy atom. The van der Waals surface area contributed by atoms with Gasteiger partial charge in [-0.2, -0.15) is 0 Å². The van der Waals surface area contributed by atoms with Crippen LogP contribution < -0.4 is 5.32 Å². The molecule has 5 heteroatoms. The van der Waals surface area contributed by atoms with Crippen LogP contribution in [-0.2, 0) is 0 Å². The van der Waals surface area contributed by atoms with Gasteiger partial charge in [0, 0.05) is 22.2 Å². The molecular formula is C19H17ClN2O2. The Bertz CT molecular complexity index is 854. The van der Waals surface area contributed by atoms with Gasteiger partial charge in [-0.3, -0.25) is 4.79 Å². The SMILES string of the molecule is CC(C)NC(=O)c1ccccc1-c1ncc(-c2ccc(Cl)cc2)o1. The average Bonchev–Trinajstić information content (AvgIpc) is 3.05. The summed E-state index contributed by atoms with van der Waals surface area (Å²) in [5, 5.41) is 3.55. The van der Waals surface area contributed by atoms with Crippen LogP contribution >= 0.6 is 11.6 Å². The van der Waals surface area contributed by atoms with Gasteiger partial charge in [0.25, 0.3) is 5.91 Å². The third kappa shape index (κ3) is 3.49. The first-order valence-electron chi connectivity index (χ1n) is 7.66. The van der Waals surface area contributed by atoms with Crippen LogP contribution in [0.25, 0.3) is 22.8 Å². The second-order valence-electron chi connectivity index (χ2n) is 5.71. The molecule has 0 bridgehead atoms. The molecule has 0 aliphatic carbocycles. The number of nitrogens with one attached hydrogen (secondary N) is 1. The third-order valence-corrected chi connectivity index (χ3v) is 3.71. The Labute approximate surface area is 145 Å². The molecule has 0 aliphatic heterocycles. The van der Waals surface area contributed by atoms with E-state index in [9.17, 15) is 4.79 Å². The molecule has 24 heavy (non-hydrogen) atoms. The van der Waals surface area contributed by atoms with Crippen molar-refractivity contribution in [3.63, 3.8) is 0 Å². The number of benzene rings is 2. The minimum absolute atomic E-state index is 0.0553. The van der Waals surface area contributed by atoms with E-state index in [0.717, 1.165) is 5.56 Å². The molecule has 0 saturated carbocycles. The van der Waals surface area contributed by atoms with Gasteiger partial charge in [-0.05, 0) is 50.2 Å². The lowest BCUT2D eigenvalue weighted by Crippen LogP contribution is -2.30. The molecule has 0 unspecified atom stereocenters. The first-order valence-corrected chi connectivity index (χ1v) is 8.04. The molecule has 0 radical (unpaired) electrons. The number of carbonyl (C=O) groups excluding carboxylic acids is 1. The van der Waals surface area contributed by atoms with Crippen molar-refractivity contribution >= 4 is 17.5 Å². The van der Waals surface area contributed by atoms with Crippen LogP contribution in [0, 0.1) is 0 Å². The van der Waals surface area contributed by atoms with Gasteiger partial charge in [0.1, 0.15) is 0 Å². The van der Waals surface area contributed by atoms with Crippen LogP contribution in [0.2, 0.25) is 5.02 Å². The fourth-order valence-electron chi connectivity index (χ4n) is 2.35. The van der Waals surface area contributed by atoms with Crippen LogP contribution in [-0.4, -0.2) is 16.9 Å². The van der Waals surface area contributed by atoms with Gasteiger partial charge in [-0.25, -0.2) is 4.98 Å². The predicted octanol–water partition coefficient (Wildman–Crippen LogP) is 4.80. The van der Waals surface area contributed by atoms with Crippen molar-refractivity contribution in [3.8, 4) is 22.8 Å². The first-order chi connectivity index (χ1) is 11.5. The van der Waals surface area contributed by atoms with Crippen LogP contribution in [0.3, 0.4) is 0 Å². The summed E-state index contributed by atoms with van der Waals surface area (Å²) in [4.78, 5) is 16.7. The maximum absolute atomic E-state index is 12.4. The predicted molar refractivity (Wildman–Crippen MR) is 95.0 cm³/mol. The Morgan fingerprint density at radius 2 is 1.83 bits per heavy atom. The molecule has 0 aliphatic rings. The van der Waals surface area contributed by atoms with E-state index < -0.39 is 0 Å². The van der Waals surface area contributed by atoms with Crippen molar-refractivity contribution in [2.45, 2.75) is 19.9 Å². The molecule has 3 rings (SSSR count). The summed E-state index contributed by atoms with van der Waals surface area (Å²) in [5.74, 6) is 0.891. The average molecular weight is 341 g/mol. The van der Waals surface area contributed by atoms with Gasteiger partial charge < -0.3 is 9.73 Å². The second kappa shape index (κ2) is 6.89. The van der Waals surface area contributed by atoms with E-state index in [0.29, 0.717) is 27.8 Å². The topological polar surface area (TPSA) is 55.1 Å². The van der Waals surface area contributed by atoms with E-state index in [4.69, 9.17) is 16.0 Å². The standard InChI is InChI=1S/C19H17ClN2O2/c1-12(2)22-18(23)15-5-3-4-6-16(15)19-21-11-17(24-19)13-7-9-14(20)10-8-13/h3-12H,1-2H3,(H,22,23). The number of rotatable bonds is 4. The van der Waals surface area contributed by atoms with Crippen molar-refractivity contribution in [3.05, 3.63) is 65.3 Å². The van der Waals surface area contributed by atoms with Crippen LogP contribution in [0.15, 0.2) is 59.1 Å². The lowest BCUT2D eigenvalue weighted by molar-refractivity contribution is 0.0943. The summed E-state index contributed by atoms with van der Waals surface area (Å²) in [6.45, 7) is 3.84. The molecule has 0 fully saturated rings. The molecule has 3 aromatic rings. The maximum atomic E-state index is 12.4. The molecular weight excluding hydrogens is 324 g/mol. The van der Waals surface area contributed by atoms with Crippen molar-refractivity contribution < 1.29 is 9.21 Å². The monoisotopic (exact) mass is 340 g/mol. The summed E-state index contributed by atoms with van der Waals surface area (Å²) in [6, 6.07) is 14.6. The van der Waals surface area contributed by atoms with E-state index >= 15 is 0 Å². The van der Waals surface area contributed by atoms with Crippen LogP contribution in [0.4, 0.5) is 0 Å². The highest BCUT2D eigenvalue weighted by atomic mass is 35.5. The quantitative estimate of drug-likeness (QED) is 0.742. The molecule has 0 atom stereocenters. The van der Waals surface area contributed by atoms with E-state index in [-0.39, 0.29) is 11.9 Å². The Morgan fingerprint density at radius 3 is 2.54 bits per heavy atom. The second-order valence-corrected chi connectivity index (χ2v) is 6.15. The number of carbonyl (C=O) groups is 1. The normalized spacial score (nSPS) is 10.8. The minimum atomic E-state index is -0.146. The summed E-state index contributed by atoms with van der Waals surface area (Å²) < 4.78 is 5.86.